The standard InChI is InChI=1S/C27H25N9O/c1-15-13-36(14-30-15)25-18-10-22(32-20(18)7-8-29-25)24-23-21(34-35-24)6-5-19(33-23)16-9-17(12-28-11-16)31-26(37)27(2,3)4/h5-14,32H,1-4H3,(H,31,37)(H,34,35). The topological polar surface area (TPSA) is 130 Å². The summed E-state index contributed by atoms with van der Waals surface area (Å²) in [6.07, 6.45) is 8.83. The highest BCUT2D eigenvalue weighted by atomic mass is 16.2. The zero-order valence-corrected chi connectivity index (χ0v) is 20.9. The van der Waals surface area contributed by atoms with Gasteiger partial charge in [0.1, 0.15) is 23.4 Å². The second-order valence-electron chi connectivity index (χ2n) is 10.0. The van der Waals surface area contributed by atoms with Crippen LogP contribution in [0.3, 0.4) is 0 Å². The van der Waals surface area contributed by atoms with Gasteiger partial charge in [-0.1, -0.05) is 20.8 Å². The number of H-pyrrole nitrogens is 2. The van der Waals surface area contributed by atoms with E-state index < -0.39 is 5.41 Å². The Morgan fingerprint density at radius 2 is 1.92 bits per heavy atom. The molecule has 1 amide bonds. The Hall–Kier alpha value is -4.86. The molecular formula is C27H25N9O. The molecule has 6 rings (SSSR count). The van der Waals surface area contributed by atoms with Crippen molar-refractivity contribution in [1.29, 1.82) is 0 Å². The first-order valence-corrected chi connectivity index (χ1v) is 11.9. The number of carbonyl (C=O) groups excluding carboxylic acids is 1. The van der Waals surface area contributed by atoms with E-state index in [2.05, 4.69) is 35.5 Å². The number of imidazole rings is 1. The van der Waals surface area contributed by atoms with E-state index >= 15 is 0 Å². The van der Waals surface area contributed by atoms with Gasteiger partial charge in [0.25, 0.3) is 0 Å². The number of amides is 1. The lowest BCUT2D eigenvalue weighted by Crippen LogP contribution is -2.27. The molecule has 3 N–H and O–H groups in total. The number of pyridine rings is 3. The normalized spacial score (nSPS) is 11.9. The molecule has 10 heteroatoms. The average Bonchev–Trinajstić information content (AvgIpc) is 3.60. The van der Waals surface area contributed by atoms with Gasteiger partial charge in [0.15, 0.2) is 0 Å². The quantitative estimate of drug-likeness (QED) is 0.317. The van der Waals surface area contributed by atoms with Gasteiger partial charge in [0, 0.05) is 35.0 Å². The first kappa shape index (κ1) is 22.6. The number of hydrogen-bond acceptors (Lipinski definition) is 6. The van der Waals surface area contributed by atoms with Crippen molar-refractivity contribution in [2.75, 3.05) is 5.32 Å². The monoisotopic (exact) mass is 491 g/mol. The molecule has 0 aliphatic heterocycles. The van der Waals surface area contributed by atoms with Crippen LogP contribution in [-0.4, -0.2) is 45.6 Å². The minimum atomic E-state index is -0.509. The number of carbonyl (C=O) groups is 1. The van der Waals surface area contributed by atoms with Crippen molar-refractivity contribution in [3.8, 4) is 28.5 Å². The summed E-state index contributed by atoms with van der Waals surface area (Å²) in [5.74, 6) is 0.708. The summed E-state index contributed by atoms with van der Waals surface area (Å²) < 4.78 is 1.91. The van der Waals surface area contributed by atoms with Gasteiger partial charge in [-0.3, -0.25) is 19.4 Å². The van der Waals surface area contributed by atoms with E-state index in [-0.39, 0.29) is 5.91 Å². The number of aromatic nitrogens is 8. The third kappa shape index (κ3) is 4.12. The summed E-state index contributed by atoms with van der Waals surface area (Å²) in [7, 11) is 0. The fraction of sp³-hybridized carbons (Fsp3) is 0.185. The fourth-order valence-corrected chi connectivity index (χ4v) is 4.12. The van der Waals surface area contributed by atoms with Gasteiger partial charge in [0.2, 0.25) is 5.91 Å². The van der Waals surface area contributed by atoms with Crippen LogP contribution in [0, 0.1) is 12.3 Å². The van der Waals surface area contributed by atoms with Crippen LogP contribution in [0.5, 0.6) is 0 Å². The highest BCUT2D eigenvalue weighted by Gasteiger charge is 2.21. The molecule has 184 valence electrons. The smallest absolute Gasteiger partial charge is 0.229 e. The molecule has 0 aliphatic carbocycles. The van der Waals surface area contributed by atoms with Crippen LogP contribution in [0.4, 0.5) is 5.69 Å². The highest BCUT2D eigenvalue weighted by molar-refractivity contribution is 5.97. The molecule has 0 saturated heterocycles. The molecule has 0 saturated carbocycles. The molecule has 0 radical (unpaired) electrons. The minimum Gasteiger partial charge on any atom is -0.353 e. The minimum absolute atomic E-state index is 0.0782. The number of rotatable bonds is 4. The van der Waals surface area contributed by atoms with E-state index in [9.17, 15) is 4.79 Å². The summed E-state index contributed by atoms with van der Waals surface area (Å²) in [5.41, 5.74) is 6.54. The van der Waals surface area contributed by atoms with E-state index in [0.29, 0.717) is 11.4 Å². The van der Waals surface area contributed by atoms with Crippen LogP contribution in [0.2, 0.25) is 0 Å². The number of nitrogens with zero attached hydrogens (tertiary/aromatic N) is 6. The Morgan fingerprint density at radius 3 is 2.70 bits per heavy atom. The molecule has 0 unspecified atom stereocenters. The molecule has 10 nitrogen and oxygen atoms in total. The number of fused-ring (bicyclic) bond motifs is 2. The SMILES string of the molecule is Cc1cn(-c2nccc3[nH]c(-c4n[nH]c5ccc(-c6cncc(NC(=O)C(C)(C)C)c6)nc45)cc23)cn1. The molecule has 0 fully saturated rings. The summed E-state index contributed by atoms with van der Waals surface area (Å²) in [4.78, 5) is 34.0. The summed E-state index contributed by atoms with van der Waals surface area (Å²) in [6.45, 7) is 7.56. The van der Waals surface area contributed by atoms with Crippen molar-refractivity contribution < 1.29 is 4.79 Å². The second kappa shape index (κ2) is 8.37. The zero-order chi connectivity index (χ0) is 25.7. The molecule has 6 heterocycles. The maximum absolute atomic E-state index is 12.4. The van der Waals surface area contributed by atoms with E-state index in [0.717, 1.165) is 50.4 Å². The number of hydrogen-bond donors (Lipinski definition) is 3. The fourth-order valence-electron chi connectivity index (χ4n) is 4.12. The Balaban J connectivity index is 1.40. The molecule has 6 aromatic heterocycles. The molecule has 6 aromatic rings. The average molecular weight is 492 g/mol. The van der Waals surface area contributed by atoms with Crippen molar-refractivity contribution in [2.24, 2.45) is 5.41 Å². The van der Waals surface area contributed by atoms with Gasteiger partial charge in [-0.2, -0.15) is 5.10 Å². The predicted octanol–water partition coefficient (Wildman–Crippen LogP) is 5.04. The number of aryl methyl sites for hydroxylation is 1. The number of anilines is 1. The van der Waals surface area contributed by atoms with Gasteiger partial charge in [0.05, 0.1) is 40.0 Å². The first-order chi connectivity index (χ1) is 17.8. The number of nitrogens with one attached hydrogen (secondary N) is 3. The molecule has 0 bridgehead atoms. The summed E-state index contributed by atoms with van der Waals surface area (Å²) >= 11 is 0. The van der Waals surface area contributed by atoms with Crippen molar-refractivity contribution in [3.05, 3.63) is 67.1 Å². The van der Waals surface area contributed by atoms with Crippen LogP contribution < -0.4 is 5.32 Å². The summed E-state index contributed by atoms with van der Waals surface area (Å²) in [5, 5.41) is 11.5. The lowest BCUT2D eigenvalue weighted by Gasteiger charge is -2.17. The molecule has 37 heavy (non-hydrogen) atoms. The Morgan fingerprint density at radius 1 is 1.05 bits per heavy atom. The van der Waals surface area contributed by atoms with E-state index in [4.69, 9.17) is 4.98 Å². The van der Waals surface area contributed by atoms with Crippen LogP contribution in [0.1, 0.15) is 26.5 Å². The van der Waals surface area contributed by atoms with Crippen molar-refractivity contribution in [2.45, 2.75) is 27.7 Å². The first-order valence-electron chi connectivity index (χ1n) is 11.9. The van der Waals surface area contributed by atoms with Crippen molar-refractivity contribution >= 4 is 33.5 Å². The maximum Gasteiger partial charge on any atom is 0.229 e. The van der Waals surface area contributed by atoms with E-state index in [1.807, 2.05) is 68.8 Å². The Bertz CT molecular complexity index is 1780. The van der Waals surface area contributed by atoms with Gasteiger partial charge < -0.3 is 10.3 Å². The lowest BCUT2D eigenvalue weighted by atomic mass is 9.95. The predicted molar refractivity (Wildman–Crippen MR) is 142 cm³/mol. The Labute approximate surface area is 212 Å². The zero-order valence-electron chi connectivity index (χ0n) is 20.9. The molecular weight excluding hydrogens is 466 g/mol. The summed E-state index contributed by atoms with van der Waals surface area (Å²) in [6, 6.07) is 9.69. The van der Waals surface area contributed by atoms with Crippen LogP contribution in [0.15, 0.2) is 61.4 Å². The molecule has 0 atom stereocenters. The second-order valence-corrected chi connectivity index (χ2v) is 10.0. The number of aromatic amines is 2. The van der Waals surface area contributed by atoms with Crippen molar-refractivity contribution in [3.63, 3.8) is 0 Å². The van der Waals surface area contributed by atoms with E-state index in [1.54, 1.807) is 24.9 Å². The van der Waals surface area contributed by atoms with Crippen LogP contribution in [0.25, 0.3) is 50.4 Å². The highest BCUT2D eigenvalue weighted by Crippen LogP contribution is 2.31. The van der Waals surface area contributed by atoms with E-state index in [1.165, 1.54) is 0 Å². The van der Waals surface area contributed by atoms with Crippen LogP contribution >= 0.6 is 0 Å². The van der Waals surface area contributed by atoms with Gasteiger partial charge in [-0.25, -0.2) is 15.0 Å². The van der Waals surface area contributed by atoms with Gasteiger partial charge in [-0.15, -0.1) is 0 Å². The lowest BCUT2D eigenvalue weighted by molar-refractivity contribution is -0.123. The Kier molecular flexibility index (Phi) is 5.11. The maximum atomic E-state index is 12.4. The molecule has 0 spiro atoms. The van der Waals surface area contributed by atoms with Gasteiger partial charge >= 0.3 is 0 Å². The van der Waals surface area contributed by atoms with Gasteiger partial charge in [-0.05, 0) is 37.3 Å². The third-order valence-corrected chi connectivity index (χ3v) is 6.12. The molecule has 0 aromatic carbocycles. The van der Waals surface area contributed by atoms with Crippen molar-refractivity contribution in [1.82, 2.24) is 39.7 Å². The molecule has 0 aliphatic rings. The van der Waals surface area contributed by atoms with Crippen LogP contribution in [-0.2, 0) is 4.79 Å². The third-order valence-electron chi connectivity index (χ3n) is 6.12. The largest absolute Gasteiger partial charge is 0.353 e.